The van der Waals surface area contributed by atoms with Crippen LogP contribution in [0.15, 0.2) is 79.1 Å². The highest BCUT2D eigenvalue weighted by Crippen LogP contribution is 2.34. The second kappa shape index (κ2) is 11.0. The van der Waals surface area contributed by atoms with Gasteiger partial charge in [0, 0.05) is 55.8 Å². The molecular formula is C27H24ClN7OS. The zero-order valence-corrected chi connectivity index (χ0v) is 21.4. The third-order valence-corrected chi connectivity index (χ3v) is 7.05. The molecule has 0 spiro atoms. The number of amides is 1. The molecule has 2 aromatic carbocycles. The summed E-state index contributed by atoms with van der Waals surface area (Å²) >= 11 is 1.55. The average molecular weight is 530 g/mol. The number of hydrogen-bond acceptors (Lipinski definition) is 8. The zero-order valence-electron chi connectivity index (χ0n) is 19.8. The summed E-state index contributed by atoms with van der Waals surface area (Å²) in [6.07, 6.45) is 3.54. The Morgan fingerprint density at radius 3 is 2.54 bits per heavy atom. The van der Waals surface area contributed by atoms with Crippen molar-refractivity contribution in [3.63, 3.8) is 0 Å². The number of rotatable bonds is 5. The van der Waals surface area contributed by atoms with Crippen LogP contribution in [0.3, 0.4) is 0 Å². The third-order valence-electron chi connectivity index (χ3n) is 6.02. The van der Waals surface area contributed by atoms with Gasteiger partial charge in [-0.05, 0) is 18.2 Å². The Morgan fingerprint density at radius 2 is 1.73 bits per heavy atom. The van der Waals surface area contributed by atoms with E-state index in [2.05, 4.69) is 25.5 Å². The molecule has 10 heteroatoms. The smallest absolute Gasteiger partial charge is 0.274 e. The van der Waals surface area contributed by atoms with Gasteiger partial charge in [-0.15, -0.1) is 23.7 Å². The van der Waals surface area contributed by atoms with Crippen molar-refractivity contribution < 1.29 is 4.79 Å². The molecule has 0 saturated carbocycles. The maximum absolute atomic E-state index is 13.5. The molecule has 3 aromatic heterocycles. The minimum absolute atomic E-state index is 0. The van der Waals surface area contributed by atoms with Gasteiger partial charge in [-0.2, -0.15) is 0 Å². The molecule has 1 amide bonds. The van der Waals surface area contributed by atoms with E-state index in [1.165, 1.54) is 0 Å². The van der Waals surface area contributed by atoms with Crippen molar-refractivity contribution in [2.75, 3.05) is 36.4 Å². The Hall–Kier alpha value is -3.92. The molecule has 186 valence electrons. The number of carbonyl (C=O) groups is 1. The lowest BCUT2D eigenvalue weighted by molar-refractivity contribution is 0.102. The van der Waals surface area contributed by atoms with Crippen LogP contribution in [0.1, 0.15) is 10.5 Å². The van der Waals surface area contributed by atoms with E-state index in [0.29, 0.717) is 17.2 Å². The predicted octanol–water partition coefficient (Wildman–Crippen LogP) is 4.90. The normalized spacial score (nSPS) is 13.2. The Morgan fingerprint density at radius 1 is 0.946 bits per heavy atom. The number of hydrogen-bond donors (Lipinski definition) is 2. The number of para-hydroxylation sites is 1. The van der Waals surface area contributed by atoms with Crippen molar-refractivity contribution in [2.24, 2.45) is 0 Å². The van der Waals surface area contributed by atoms with Crippen molar-refractivity contribution in [1.29, 1.82) is 0 Å². The lowest BCUT2D eigenvalue weighted by Gasteiger charge is -2.28. The number of nitrogens with one attached hydrogen (secondary N) is 2. The van der Waals surface area contributed by atoms with Gasteiger partial charge in [0.1, 0.15) is 16.5 Å². The second-order valence-corrected chi connectivity index (χ2v) is 9.43. The Bertz CT molecular complexity index is 1500. The van der Waals surface area contributed by atoms with Gasteiger partial charge in [0.15, 0.2) is 5.82 Å². The number of anilines is 2. The molecule has 6 rings (SSSR count). The molecule has 37 heavy (non-hydrogen) atoms. The van der Waals surface area contributed by atoms with E-state index in [-0.39, 0.29) is 18.3 Å². The molecule has 1 aliphatic heterocycles. The number of carbonyl (C=O) groups excluding carboxylic acids is 1. The van der Waals surface area contributed by atoms with Crippen LogP contribution in [0.5, 0.6) is 0 Å². The Kier molecular flexibility index (Phi) is 7.36. The van der Waals surface area contributed by atoms with Crippen LogP contribution in [0, 0.1) is 0 Å². The largest absolute Gasteiger partial charge is 0.354 e. The highest BCUT2D eigenvalue weighted by molar-refractivity contribution is 7.21. The van der Waals surface area contributed by atoms with Crippen molar-refractivity contribution in [3.8, 4) is 22.0 Å². The van der Waals surface area contributed by atoms with Crippen LogP contribution in [-0.4, -0.2) is 52.0 Å². The number of benzene rings is 2. The molecule has 0 radical (unpaired) electrons. The quantitative estimate of drug-likeness (QED) is 0.334. The minimum Gasteiger partial charge on any atom is -0.354 e. The molecule has 0 atom stereocenters. The van der Waals surface area contributed by atoms with Gasteiger partial charge in [0.05, 0.1) is 15.9 Å². The first kappa shape index (κ1) is 24.8. The monoisotopic (exact) mass is 529 g/mol. The van der Waals surface area contributed by atoms with Crippen LogP contribution in [-0.2, 0) is 0 Å². The second-order valence-electron chi connectivity index (χ2n) is 8.40. The first-order chi connectivity index (χ1) is 17.7. The highest BCUT2D eigenvalue weighted by atomic mass is 35.5. The third kappa shape index (κ3) is 5.29. The van der Waals surface area contributed by atoms with E-state index in [1.54, 1.807) is 29.8 Å². The number of aromatic nitrogens is 4. The maximum atomic E-state index is 13.5. The van der Waals surface area contributed by atoms with Crippen LogP contribution < -0.4 is 15.5 Å². The molecule has 0 aliphatic carbocycles. The standard InChI is InChI=1S/C27H23N7OS.ClH/c35-26(31-20-9-5-4-8-19(20)27-32-21-10-11-29-17-23(21)36-27)22-16-24(34-14-12-28-13-15-34)33-25(30-22)18-6-2-1-3-7-18;/h1-11,16-17,28H,12-15H2,(H,31,35);1H. The Labute approximate surface area is 224 Å². The first-order valence-corrected chi connectivity index (χ1v) is 12.6. The van der Waals surface area contributed by atoms with Gasteiger partial charge in [0.2, 0.25) is 0 Å². The lowest BCUT2D eigenvalue weighted by Crippen LogP contribution is -2.44. The summed E-state index contributed by atoms with van der Waals surface area (Å²) < 4.78 is 0.998. The molecule has 5 aromatic rings. The molecule has 2 N–H and O–H groups in total. The van der Waals surface area contributed by atoms with Gasteiger partial charge in [-0.3, -0.25) is 9.78 Å². The number of halogens is 1. The highest BCUT2D eigenvalue weighted by Gasteiger charge is 2.20. The fourth-order valence-corrected chi connectivity index (χ4v) is 5.16. The summed E-state index contributed by atoms with van der Waals surface area (Å²) in [6.45, 7) is 3.39. The van der Waals surface area contributed by atoms with Crippen molar-refractivity contribution >= 4 is 51.4 Å². The lowest BCUT2D eigenvalue weighted by atomic mass is 10.1. The van der Waals surface area contributed by atoms with Gasteiger partial charge in [0.25, 0.3) is 5.91 Å². The molecule has 1 aliphatic rings. The van der Waals surface area contributed by atoms with E-state index in [0.717, 1.165) is 58.3 Å². The zero-order chi connectivity index (χ0) is 24.3. The predicted molar refractivity (Wildman–Crippen MR) is 151 cm³/mol. The van der Waals surface area contributed by atoms with Crippen molar-refractivity contribution in [1.82, 2.24) is 25.3 Å². The molecule has 8 nitrogen and oxygen atoms in total. The van der Waals surface area contributed by atoms with Crippen LogP contribution in [0.25, 0.3) is 32.2 Å². The van der Waals surface area contributed by atoms with E-state index < -0.39 is 0 Å². The van der Waals surface area contributed by atoms with Crippen LogP contribution in [0.2, 0.25) is 0 Å². The van der Waals surface area contributed by atoms with Crippen LogP contribution in [0.4, 0.5) is 11.5 Å². The summed E-state index contributed by atoms with van der Waals surface area (Å²) in [5.41, 5.74) is 3.60. The first-order valence-electron chi connectivity index (χ1n) is 11.8. The number of pyridine rings is 1. The molecule has 1 saturated heterocycles. The number of piperazine rings is 1. The minimum atomic E-state index is -0.291. The fraction of sp³-hybridized carbons (Fsp3) is 0.148. The topological polar surface area (TPSA) is 95.9 Å². The summed E-state index contributed by atoms with van der Waals surface area (Å²) in [5.74, 6) is 0.993. The summed E-state index contributed by atoms with van der Waals surface area (Å²) in [4.78, 5) is 34.1. The number of thiazole rings is 1. The van der Waals surface area contributed by atoms with E-state index >= 15 is 0 Å². The van der Waals surface area contributed by atoms with E-state index in [1.807, 2.05) is 60.7 Å². The van der Waals surface area contributed by atoms with E-state index in [4.69, 9.17) is 9.97 Å². The van der Waals surface area contributed by atoms with Crippen molar-refractivity contribution in [3.05, 3.63) is 84.8 Å². The molecule has 0 bridgehead atoms. The fourth-order valence-electron chi connectivity index (χ4n) is 4.18. The maximum Gasteiger partial charge on any atom is 0.274 e. The summed E-state index contributed by atoms with van der Waals surface area (Å²) in [5, 5.41) is 7.25. The van der Waals surface area contributed by atoms with Gasteiger partial charge in [-0.25, -0.2) is 15.0 Å². The summed E-state index contributed by atoms with van der Waals surface area (Å²) in [7, 11) is 0. The van der Waals surface area contributed by atoms with Crippen LogP contribution >= 0.6 is 23.7 Å². The molecule has 1 fully saturated rings. The Balaban J connectivity index is 0.00000280. The average Bonchev–Trinajstić information content (AvgIpc) is 3.38. The SMILES string of the molecule is Cl.O=C(Nc1ccccc1-c1nc2ccncc2s1)c1cc(N2CCNCC2)nc(-c2ccccc2)n1. The van der Waals surface area contributed by atoms with Gasteiger partial charge in [-0.1, -0.05) is 42.5 Å². The number of fused-ring (bicyclic) bond motifs is 1. The van der Waals surface area contributed by atoms with E-state index in [9.17, 15) is 4.79 Å². The molecule has 0 unspecified atom stereocenters. The van der Waals surface area contributed by atoms with Crippen molar-refractivity contribution in [2.45, 2.75) is 0 Å². The van der Waals surface area contributed by atoms with Gasteiger partial charge < -0.3 is 15.5 Å². The number of nitrogens with zero attached hydrogens (tertiary/aromatic N) is 5. The summed E-state index contributed by atoms with van der Waals surface area (Å²) in [6, 6.07) is 21.1. The van der Waals surface area contributed by atoms with Gasteiger partial charge >= 0.3 is 0 Å². The molecular weight excluding hydrogens is 506 g/mol. The molecule has 4 heterocycles.